The fourth-order valence-corrected chi connectivity index (χ4v) is 2.07. The summed E-state index contributed by atoms with van der Waals surface area (Å²) in [7, 11) is -0.427. The summed E-state index contributed by atoms with van der Waals surface area (Å²) < 4.78 is 0. The lowest BCUT2D eigenvalue weighted by Gasteiger charge is -2.12. The molecule has 0 fully saturated rings. The van der Waals surface area contributed by atoms with E-state index in [-0.39, 0.29) is 0 Å². The van der Waals surface area contributed by atoms with Gasteiger partial charge in [-0.1, -0.05) is 59.0 Å². The molecule has 0 spiro atoms. The van der Waals surface area contributed by atoms with Crippen LogP contribution in [0.2, 0.25) is 18.6 Å². The Morgan fingerprint density at radius 2 is 1.82 bits per heavy atom. The van der Waals surface area contributed by atoms with Crippen LogP contribution in [0.3, 0.4) is 0 Å². The Hall–Kier alpha value is 0.217. The Morgan fingerprint density at radius 3 is 2.27 bits per heavy atom. The van der Waals surface area contributed by atoms with Crippen LogP contribution in [0.5, 0.6) is 0 Å². The first-order valence-electron chi connectivity index (χ1n) is 5.01. The van der Waals surface area contributed by atoms with Gasteiger partial charge in [0.25, 0.3) is 0 Å². The Kier molecular flexibility index (Phi) is 7.03. The SMILES string of the molecule is [CH2]C(CCCCCC)[SiH](C)C. The van der Waals surface area contributed by atoms with Crippen LogP contribution in [0.25, 0.3) is 0 Å². The molecule has 0 aromatic carbocycles. The molecule has 0 rings (SSSR count). The Labute approximate surface area is 74.0 Å². The molecule has 0 amide bonds. The van der Waals surface area contributed by atoms with Gasteiger partial charge in [0.2, 0.25) is 0 Å². The van der Waals surface area contributed by atoms with Gasteiger partial charge in [-0.15, -0.1) is 0 Å². The standard InChI is InChI=1S/C10H23Si/c1-5-6-7-8-9-10(2)11(3)4/h10-11H,2,5-9H2,1,3-4H3. The van der Waals surface area contributed by atoms with E-state index in [1.165, 1.54) is 32.1 Å². The third-order valence-corrected chi connectivity index (χ3v) is 4.59. The van der Waals surface area contributed by atoms with Crippen LogP contribution >= 0.6 is 0 Å². The van der Waals surface area contributed by atoms with Gasteiger partial charge in [-0.25, -0.2) is 0 Å². The van der Waals surface area contributed by atoms with E-state index in [4.69, 9.17) is 0 Å². The molecule has 0 saturated carbocycles. The summed E-state index contributed by atoms with van der Waals surface area (Å²) in [5.74, 6) is 0. The summed E-state index contributed by atoms with van der Waals surface area (Å²) in [6, 6.07) is 0. The average Bonchev–Trinajstić information content (AvgIpc) is 1.97. The number of rotatable bonds is 6. The lowest BCUT2D eigenvalue weighted by molar-refractivity contribution is 0.633. The van der Waals surface area contributed by atoms with Crippen molar-refractivity contribution in [3.05, 3.63) is 6.92 Å². The second-order valence-electron chi connectivity index (χ2n) is 3.85. The zero-order valence-electron chi connectivity index (χ0n) is 8.40. The molecule has 0 aromatic heterocycles. The normalized spacial score (nSPS) is 13.9. The first kappa shape index (κ1) is 11.2. The predicted molar refractivity (Wildman–Crippen MR) is 56.7 cm³/mol. The van der Waals surface area contributed by atoms with E-state index in [0.29, 0.717) is 0 Å². The summed E-state index contributed by atoms with van der Waals surface area (Å²) in [5, 5.41) is 0. The van der Waals surface area contributed by atoms with Crippen LogP contribution in [0.15, 0.2) is 0 Å². The molecule has 1 heteroatoms. The van der Waals surface area contributed by atoms with E-state index in [0.717, 1.165) is 5.54 Å². The van der Waals surface area contributed by atoms with Gasteiger partial charge >= 0.3 is 0 Å². The first-order valence-corrected chi connectivity index (χ1v) is 7.99. The summed E-state index contributed by atoms with van der Waals surface area (Å²) in [6.07, 6.45) is 6.97. The Morgan fingerprint density at radius 1 is 1.18 bits per heavy atom. The van der Waals surface area contributed by atoms with Crippen molar-refractivity contribution in [1.82, 2.24) is 0 Å². The highest BCUT2D eigenvalue weighted by atomic mass is 28.3. The van der Waals surface area contributed by atoms with Gasteiger partial charge in [0.1, 0.15) is 0 Å². The van der Waals surface area contributed by atoms with Crippen LogP contribution in [-0.4, -0.2) is 8.80 Å². The van der Waals surface area contributed by atoms with Gasteiger partial charge in [-0.05, 0) is 5.54 Å². The van der Waals surface area contributed by atoms with E-state index in [2.05, 4.69) is 26.9 Å². The summed E-state index contributed by atoms with van der Waals surface area (Å²) in [6.45, 7) is 11.3. The number of unbranched alkanes of at least 4 members (excludes halogenated alkanes) is 3. The molecule has 0 saturated heterocycles. The van der Waals surface area contributed by atoms with E-state index in [9.17, 15) is 0 Å². The molecule has 0 nitrogen and oxygen atoms in total. The number of hydrogen-bond acceptors (Lipinski definition) is 0. The summed E-state index contributed by atoms with van der Waals surface area (Å²) >= 11 is 0. The molecule has 0 aliphatic rings. The largest absolute Gasteiger partial charge is 0.0720 e. The molecule has 1 radical (unpaired) electrons. The van der Waals surface area contributed by atoms with Crippen LogP contribution in [0.4, 0.5) is 0 Å². The van der Waals surface area contributed by atoms with E-state index >= 15 is 0 Å². The van der Waals surface area contributed by atoms with Crippen LogP contribution < -0.4 is 0 Å². The minimum atomic E-state index is -0.427. The predicted octanol–water partition coefficient (Wildman–Crippen LogP) is 3.65. The van der Waals surface area contributed by atoms with Crippen LogP contribution in [-0.2, 0) is 0 Å². The van der Waals surface area contributed by atoms with Gasteiger partial charge in [-0.3, -0.25) is 0 Å². The summed E-state index contributed by atoms with van der Waals surface area (Å²) in [4.78, 5) is 0. The van der Waals surface area contributed by atoms with Gasteiger partial charge < -0.3 is 0 Å². The van der Waals surface area contributed by atoms with Crippen molar-refractivity contribution in [2.45, 2.75) is 57.7 Å². The molecular formula is C10H23Si. The minimum absolute atomic E-state index is 0.427. The molecular weight excluding hydrogens is 148 g/mol. The highest BCUT2D eigenvalue weighted by Gasteiger charge is 2.06. The average molecular weight is 171 g/mol. The van der Waals surface area contributed by atoms with Crippen molar-refractivity contribution in [3.63, 3.8) is 0 Å². The quantitative estimate of drug-likeness (QED) is 0.423. The van der Waals surface area contributed by atoms with E-state index in [1.54, 1.807) is 0 Å². The van der Waals surface area contributed by atoms with Crippen molar-refractivity contribution in [2.75, 3.05) is 0 Å². The lowest BCUT2D eigenvalue weighted by atomic mass is 10.1. The smallest absolute Gasteiger partial charge is 0.0337 e. The number of hydrogen-bond donors (Lipinski definition) is 0. The molecule has 0 bridgehead atoms. The maximum Gasteiger partial charge on any atom is 0.0337 e. The van der Waals surface area contributed by atoms with E-state index < -0.39 is 8.80 Å². The molecule has 1 atom stereocenters. The second kappa shape index (κ2) is 6.90. The lowest BCUT2D eigenvalue weighted by Crippen LogP contribution is -2.08. The minimum Gasteiger partial charge on any atom is -0.0720 e. The molecule has 1 unspecified atom stereocenters. The van der Waals surface area contributed by atoms with Crippen molar-refractivity contribution >= 4 is 8.80 Å². The van der Waals surface area contributed by atoms with E-state index in [1.807, 2.05) is 0 Å². The first-order chi connectivity index (χ1) is 5.18. The molecule has 0 aliphatic heterocycles. The zero-order chi connectivity index (χ0) is 8.69. The Bertz CT molecular complexity index is 78.9. The van der Waals surface area contributed by atoms with Crippen LogP contribution in [0, 0.1) is 6.92 Å². The fourth-order valence-electron chi connectivity index (χ4n) is 1.17. The third-order valence-electron chi connectivity index (χ3n) is 2.37. The molecule has 67 valence electrons. The molecule has 0 aliphatic carbocycles. The Balaban J connectivity index is 3.10. The monoisotopic (exact) mass is 171 g/mol. The topological polar surface area (TPSA) is 0 Å². The fraction of sp³-hybridized carbons (Fsp3) is 0.900. The van der Waals surface area contributed by atoms with Crippen molar-refractivity contribution in [2.24, 2.45) is 0 Å². The summed E-state index contributed by atoms with van der Waals surface area (Å²) in [5.41, 5.74) is 0.812. The highest BCUT2D eigenvalue weighted by Crippen LogP contribution is 2.17. The zero-order valence-corrected chi connectivity index (χ0v) is 9.55. The van der Waals surface area contributed by atoms with Crippen molar-refractivity contribution in [3.8, 4) is 0 Å². The highest BCUT2D eigenvalue weighted by molar-refractivity contribution is 6.57. The van der Waals surface area contributed by atoms with Crippen molar-refractivity contribution in [1.29, 1.82) is 0 Å². The molecule has 0 aromatic rings. The maximum atomic E-state index is 4.20. The third kappa shape index (κ3) is 6.61. The van der Waals surface area contributed by atoms with Crippen LogP contribution in [0.1, 0.15) is 39.0 Å². The van der Waals surface area contributed by atoms with Gasteiger partial charge in [0.05, 0.1) is 0 Å². The van der Waals surface area contributed by atoms with Gasteiger partial charge in [-0.2, -0.15) is 0 Å². The maximum absolute atomic E-state index is 4.20. The van der Waals surface area contributed by atoms with Gasteiger partial charge in [0, 0.05) is 8.80 Å². The van der Waals surface area contributed by atoms with Gasteiger partial charge in [0.15, 0.2) is 0 Å². The van der Waals surface area contributed by atoms with Crippen molar-refractivity contribution < 1.29 is 0 Å². The molecule has 11 heavy (non-hydrogen) atoms. The second-order valence-corrected chi connectivity index (χ2v) is 7.28. The molecule has 0 N–H and O–H groups in total. The molecule has 0 heterocycles.